The van der Waals surface area contributed by atoms with Gasteiger partial charge in [0.1, 0.15) is 11.1 Å². The van der Waals surface area contributed by atoms with Gasteiger partial charge in [0.25, 0.3) is 0 Å². The summed E-state index contributed by atoms with van der Waals surface area (Å²) in [7, 11) is 0. The maximum atomic E-state index is 4.97. The van der Waals surface area contributed by atoms with E-state index in [1.54, 1.807) is 0 Å². The number of allylic oxidation sites excluding steroid dienone is 2. The van der Waals surface area contributed by atoms with Crippen molar-refractivity contribution in [1.29, 1.82) is 0 Å². The van der Waals surface area contributed by atoms with Crippen LogP contribution in [-0.2, 0) is 5.54 Å². The van der Waals surface area contributed by atoms with Crippen LogP contribution in [0.3, 0.4) is 0 Å². The SMILES string of the molecule is C=C/C=C/[C@]12N=N[C@](c3ccccc3)([C@@H]3CCC[C@@H]31)C2(C)C. The van der Waals surface area contributed by atoms with Crippen LogP contribution in [0.25, 0.3) is 0 Å². The Bertz CT molecular complexity index is 658. The lowest BCUT2D eigenvalue weighted by molar-refractivity contribution is 0.164. The summed E-state index contributed by atoms with van der Waals surface area (Å²) in [6.07, 6.45) is 10.1. The maximum Gasteiger partial charge on any atom is 0.117 e. The van der Waals surface area contributed by atoms with Gasteiger partial charge in [0.05, 0.1) is 0 Å². The molecule has 0 amide bonds. The summed E-state index contributed by atoms with van der Waals surface area (Å²) < 4.78 is 0. The highest BCUT2D eigenvalue weighted by Gasteiger charge is 2.76. The molecule has 0 radical (unpaired) electrons. The summed E-state index contributed by atoms with van der Waals surface area (Å²) in [5.41, 5.74) is 1.00. The molecule has 0 N–H and O–H groups in total. The maximum absolute atomic E-state index is 4.97. The molecule has 2 fully saturated rings. The molecular weight excluding hydrogens is 268 g/mol. The number of benzene rings is 1. The van der Waals surface area contributed by atoms with Gasteiger partial charge in [-0.3, -0.25) is 0 Å². The molecule has 2 saturated carbocycles. The Morgan fingerprint density at radius 3 is 2.55 bits per heavy atom. The average molecular weight is 292 g/mol. The molecule has 4 atom stereocenters. The van der Waals surface area contributed by atoms with Crippen molar-refractivity contribution in [2.24, 2.45) is 27.5 Å². The molecule has 2 aliphatic carbocycles. The van der Waals surface area contributed by atoms with E-state index in [4.69, 9.17) is 10.2 Å². The number of azo groups is 1. The van der Waals surface area contributed by atoms with E-state index in [0.717, 1.165) is 0 Å². The minimum atomic E-state index is -0.168. The van der Waals surface area contributed by atoms with Crippen molar-refractivity contribution in [3.8, 4) is 0 Å². The summed E-state index contributed by atoms with van der Waals surface area (Å²) in [5, 5.41) is 9.87. The van der Waals surface area contributed by atoms with Gasteiger partial charge in [0.15, 0.2) is 0 Å². The van der Waals surface area contributed by atoms with Gasteiger partial charge in [0, 0.05) is 5.41 Å². The fourth-order valence-electron chi connectivity index (χ4n) is 5.68. The molecule has 4 rings (SSSR count). The molecule has 2 bridgehead atoms. The Morgan fingerprint density at radius 1 is 1.09 bits per heavy atom. The Labute approximate surface area is 133 Å². The molecule has 22 heavy (non-hydrogen) atoms. The first-order chi connectivity index (χ1) is 10.6. The fourth-order valence-corrected chi connectivity index (χ4v) is 5.68. The predicted molar refractivity (Wildman–Crippen MR) is 89.7 cm³/mol. The Morgan fingerprint density at radius 2 is 1.82 bits per heavy atom. The van der Waals surface area contributed by atoms with Crippen LogP contribution in [0.5, 0.6) is 0 Å². The zero-order valence-corrected chi connectivity index (χ0v) is 13.5. The second-order valence-electron chi connectivity index (χ2n) is 7.52. The van der Waals surface area contributed by atoms with Crippen molar-refractivity contribution in [2.75, 3.05) is 0 Å². The number of hydrogen-bond donors (Lipinski definition) is 0. The first kappa shape index (κ1) is 13.9. The topological polar surface area (TPSA) is 24.7 Å². The van der Waals surface area contributed by atoms with Crippen LogP contribution in [0.2, 0.25) is 0 Å². The third-order valence-electron chi connectivity index (χ3n) is 6.65. The lowest BCUT2D eigenvalue weighted by atomic mass is 9.63. The number of fused-ring (bicyclic) bond motifs is 5. The molecule has 2 nitrogen and oxygen atoms in total. The van der Waals surface area contributed by atoms with E-state index in [0.29, 0.717) is 11.8 Å². The van der Waals surface area contributed by atoms with Crippen LogP contribution in [0.1, 0.15) is 38.7 Å². The number of nitrogens with zero attached hydrogens (tertiary/aromatic N) is 2. The van der Waals surface area contributed by atoms with Crippen molar-refractivity contribution in [2.45, 2.75) is 44.2 Å². The van der Waals surface area contributed by atoms with E-state index in [-0.39, 0.29) is 16.5 Å². The van der Waals surface area contributed by atoms with E-state index in [2.05, 4.69) is 62.9 Å². The van der Waals surface area contributed by atoms with Gasteiger partial charge in [-0.1, -0.05) is 75.4 Å². The lowest BCUT2D eigenvalue weighted by Gasteiger charge is -2.40. The molecule has 0 saturated heterocycles. The second kappa shape index (κ2) is 4.41. The molecule has 1 aromatic carbocycles. The highest BCUT2D eigenvalue weighted by molar-refractivity contribution is 5.43. The summed E-state index contributed by atoms with van der Waals surface area (Å²) in [5.74, 6) is 1.22. The molecular formula is C20H24N2. The van der Waals surface area contributed by atoms with Gasteiger partial charge in [-0.05, 0) is 30.2 Å². The lowest BCUT2D eigenvalue weighted by Crippen LogP contribution is -2.45. The van der Waals surface area contributed by atoms with Crippen molar-refractivity contribution in [3.05, 3.63) is 60.7 Å². The minimum Gasteiger partial charge on any atom is -0.181 e. The fraction of sp³-hybridized carbons (Fsp3) is 0.500. The molecule has 0 unspecified atom stereocenters. The van der Waals surface area contributed by atoms with Crippen molar-refractivity contribution in [1.82, 2.24) is 0 Å². The smallest absolute Gasteiger partial charge is 0.117 e. The zero-order valence-electron chi connectivity index (χ0n) is 13.5. The second-order valence-corrected chi connectivity index (χ2v) is 7.52. The first-order valence-corrected chi connectivity index (χ1v) is 8.40. The summed E-state index contributed by atoms with van der Waals surface area (Å²) >= 11 is 0. The standard InChI is InChI=1S/C20H24N2/c1-4-5-14-19-16-12-9-13-17(16)20(22-21-19,18(19,2)3)15-10-7-6-8-11-15/h4-8,10-11,14,16-17H,1,9,12-13H2,2-3H3/b14-5+/t16-,17+,19-,20+/m0/s1. The average Bonchev–Trinajstić information content (AvgIpc) is 3.14. The third kappa shape index (κ3) is 1.32. The Kier molecular flexibility index (Phi) is 2.79. The monoisotopic (exact) mass is 292 g/mol. The van der Waals surface area contributed by atoms with Crippen molar-refractivity contribution >= 4 is 0 Å². The van der Waals surface area contributed by atoms with Gasteiger partial charge in [-0.25, -0.2) is 0 Å². The van der Waals surface area contributed by atoms with E-state index in [1.807, 2.05) is 6.08 Å². The summed E-state index contributed by atoms with van der Waals surface area (Å²) in [4.78, 5) is 0. The quantitative estimate of drug-likeness (QED) is 0.677. The molecule has 1 aliphatic heterocycles. The minimum absolute atomic E-state index is 0.00336. The number of hydrogen-bond acceptors (Lipinski definition) is 2. The predicted octanol–water partition coefficient (Wildman–Crippen LogP) is 5.28. The van der Waals surface area contributed by atoms with Crippen LogP contribution in [-0.4, -0.2) is 5.54 Å². The van der Waals surface area contributed by atoms with Crippen LogP contribution < -0.4 is 0 Å². The van der Waals surface area contributed by atoms with Gasteiger partial charge in [0.2, 0.25) is 0 Å². The van der Waals surface area contributed by atoms with Crippen LogP contribution >= 0.6 is 0 Å². The normalized spacial score (nSPS) is 41.2. The van der Waals surface area contributed by atoms with Crippen molar-refractivity contribution in [3.63, 3.8) is 0 Å². The molecule has 3 aliphatic rings. The van der Waals surface area contributed by atoms with Gasteiger partial charge in [-0.2, -0.15) is 10.2 Å². The van der Waals surface area contributed by atoms with E-state index >= 15 is 0 Å². The van der Waals surface area contributed by atoms with Crippen LogP contribution in [0, 0.1) is 17.3 Å². The van der Waals surface area contributed by atoms with Gasteiger partial charge >= 0.3 is 0 Å². The van der Waals surface area contributed by atoms with Crippen LogP contribution in [0.15, 0.2) is 65.4 Å². The third-order valence-corrected chi connectivity index (χ3v) is 6.65. The van der Waals surface area contributed by atoms with E-state index < -0.39 is 0 Å². The largest absolute Gasteiger partial charge is 0.181 e. The van der Waals surface area contributed by atoms with Crippen LogP contribution in [0.4, 0.5) is 0 Å². The molecule has 0 spiro atoms. The van der Waals surface area contributed by atoms with E-state index in [9.17, 15) is 0 Å². The first-order valence-electron chi connectivity index (χ1n) is 8.40. The molecule has 0 aromatic heterocycles. The Hall–Kier alpha value is -1.70. The molecule has 2 heteroatoms. The summed E-state index contributed by atoms with van der Waals surface area (Å²) in [6, 6.07) is 10.9. The number of rotatable bonds is 3. The van der Waals surface area contributed by atoms with E-state index in [1.165, 1.54) is 24.8 Å². The Balaban J connectivity index is 1.96. The van der Waals surface area contributed by atoms with Crippen molar-refractivity contribution < 1.29 is 0 Å². The van der Waals surface area contributed by atoms with Gasteiger partial charge < -0.3 is 0 Å². The highest BCUT2D eigenvalue weighted by atomic mass is 15.3. The summed E-state index contributed by atoms with van der Waals surface area (Å²) in [6.45, 7) is 8.58. The molecule has 1 aromatic rings. The highest BCUT2D eigenvalue weighted by Crippen LogP contribution is 2.74. The van der Waals surface area contributed by atoms with Gasteiger partial charge in [-0.15, -0.1) is 0 Å². The zero-order chi connectivity index (χ0) is 15.4. The molecule has 1 heterocycles. The molecule has 114 valence electrons.